The average Bonchev–Trinajstić information content (AvgIpc) is 2.91. The van der Waals surface area contributed by atoms with Gasteiger partial charge in [0.25, 0.3) is 5.91 Å². The molecule has 11 nitrogen and oxygen atoms in total. The number of Topliss-reactive ketones (excluding diaryl/α,β-unsaturated/α-hetero) is 1. The molecule has 36 heavy (non-hydrogen) atoms. The number of hydrogen-bond donors (Lipinski definition) is 1. The van der Waals surface area contributed by atoms with Crippen molar-refractivity contribution in [2.45, 2.75) is 17.7 Å². The number of fused-ring (bicyclic) bond motifs is 1. The molecule has 0 bridgehead atoms. The minimum atomic E-state index is -3.64. The van der Waals surface area contributed by atoms with Crippen molar-refractivity contribution in [3.05, 3.63) is 48.0 Å². The highest BCUT2D eigenvalue weighted by Gasteiger charge is 2.26. The summed E-state index contributed by atoms with van der Waals surface area (Å²) < 4.78 is 47.7. The van der Waals surface area contributed by atoms with Crippen molar-refractivity contribution in [1.29, 1.82) is 0 Å². The Labute approximate surface area is 208 Å². The number of ketones is 1. The molecule has 0 spiro atoms. The molecule has 12 heteroatoms. The van der Waals surface area contributed by atoms with Crippen LogP contribution in [0.3, 0.4) is 0 Å². The van der Waals surface area contributed by atoms with E-state index in [0.717, 1.165) is 0 Å². The molecule has 2 heterocycles. The molecule has 192 valence electrons. The SMILES string of the molecule is O=C(COC(=O)CCC(=O)c1ccc2c(c1)OCCO2)Nc1ccc(S(=O)(=O)N2CCOCC2)cc1. The molecule has 0 aliphatic carbocycles. The summed E-state index contributed by atoms with van der Waals surface area (Å²) in [6.45, 7) is 1.57. The number of nitrogens with zero attached hydrogens (tertiary/aromatic N) is 1. The molecule has 0 aromatic heterocycles. The molecule has 1 saturated heterocycles. The first-order chi connectivity index (χ1) is 17.3. The Bertz CT molecular complexity index is 1220. The third kappa shape index (κ3) is 6.39. The van der Waals surface area contributed by atoms with Crippen molar-refractivity contribution in [2.75, 3.05) is 51.4 Å². The van der Waals surface area contributed by atoms with Crippen LogP contribution in [0.5, 0.6) is 11.5 Å². The number of hydrogen-bond acceptors (Lipinski definition) is 9. The second-order valence-electron chi connectivity index (χ2n) is 8.03. The molecule has 0 radical (unpaired) electrons. The summed E-state index contributed by atoms with van der Waals surface area (Å²) in [5, 5.41) is 2.54. The number of sulfonamides is 1. The van der Waals surface area contributed by atoms with Gasteiger partial charge in [0.2, 0.25) is 10.0 Å². The van der Waals surface area contributed by atoms with Gasteiger partial charge in [-0.2, -0.15) is 4.31 Å². The van der Waals surface area contributed by atoms with Gasteiger partial charge in [-0.1, -0.05) is 0 Å². The van der Waals surface area contributed by atoms with Crippen LogP contribution in [0, 0.1) is 0 Å². The van der Waals surface area contributed by atoms with E-state index in [1.807, 2.05) is 0 Å². The molecule has 0 saturated carbocycles. The number of carbonyl (C=O) groups is 3. The Hall–Kier alpha value is -3.48. The van der Waals surface area contributed by atoms with Crippen molar-refractivity contribution < 1.29 is 41.7 Å². The van der Waals surface area contributed by atoms with Crippen LogP contribution >= 0.6 is 0 Å². The van der Waals surface area contributed by atoms with Crippen molar-refractivity contribution in [3.63, 3.8) is 0 Å². The van der Waals surface area contributed by atoms with E-state index < -0.39 is 28.5 Å². The van der Waals surface area contributed by atoms with E-state index in [0.29, 0.717) is 49.2 Å². The molecule has 0 atom stereocenters. The summed E-state index contributed by atoms with van der Waals surface area (Å²) >= 11 is 0. The number of morpholine rings is 1. The fourth-order valence-corrected chi connectivity index (χ4v) is 5.05. The smallest absolute Gasteiger partial charge is 0.306 e. The Morgan fingerprint density at radius 1 is 0.889 bits per heavy atom. The number of esters is 1. The molecule has 0 unspecified atom stereocenters. The number of benzene rings is 2. The van der Waals surface area contributed by atoms with Crippen LogP contribution in [-0.4, -0.2) is 76.5 Å². The minimum Gasteiger partial charge on any atom is -0.486 e. The molecular weight excluding hydrogens is 492 g/mol. The van der Waals surface area contributed by atoms with Gasteiger partial charge in [0.05, 0.1) is 24.5 Å². The largest absolute Gasteiger partial charge is 0.486 e. The van der Waals surface area contributed by atoms with Gasteiger partial charge < -0.3 is 24.3 Å². The molecule has 1 fully saturated rings. The quantitative estimate of drug-likeness (QED) is 0.388. The van der Waals surface area contributed by atoms with Gasteiger partial charge >= 0.3 is 5.97 Å². The summed E-state index contributed by atoms with van der Waals surface area (Å²) in [6, 6.07) is 10.5. The van der Waals surface area contributed by atoms with Crippen molar-refractivity contribution in [1.82, 2.24) is 4.31 Å². The number of carbonyl (C=O) groups excluding carboxylic acids is 3. The first-order valence-electron chi connectivity index (χ1n) is 11.4. The summed E-state index contributed by atoms with van der Waals surface area (Å²) in [7, 11) is -3.64. The average molecular weight is 519 g/mol. The normalized spacial score (nSPS) is 15.7. The first-order valence-corrected chi connectivity index (χ1v) is 12.8. The number of nitrogens with one attached hydrogen (secondary N) is 1. The molecular formula is C24H26N2O9S. The number of amides is 1. The predicted octanol–water partition coefficient (Wildman–Crippen LogP) is 1.62. The minimum absolute atomic E-state index is 0.0842. The highest BCUT2D eigenvalue weighted by atomic mass is 32.2. The summed E-state index contributed by atoms with van der Waals surface area (Å²) in [4.78, 5) is 36.6. The van der Waals surface area contributed by atoms with E-state index >= 15 is 0 Å². The third-order valence-corrected chi connectivity index (χ3v) is 7.44. The lowest BCUT2D eigenvalue weighted by Crippen LogP contribution is -2.40. The van der Waals surface area contributed by atoms with E-state index in [4.69, 9.17) is 18.9 Å². The molecule has 2 aromatic rings. The van der Waals surface area contributed by atoms with Crippen LogP contribution in [0.2, 0.25) is 0 Å². The van der Waals surface area contributed by atoms with Gasteiger partial charge in [-0.3, -0.25) is 14.4 Å². The van der Waals surface area contributed by atoms with Crippen LogP contribution in [0.4, 0.5) is 5.69 Å². The first kappa shape index (κ1) is 25.6. The molecule has 2 aromatic carbocycles. The van der Waals surface area contributed by atoms with Crippen LogP contribution in [0.15, 0.2) is 47.4 Å². The molecule has 2 aliphatic rings. The number of anilines is 1. The lowest BCUT2D eigenvalue weighted by Gasteiger charge is -2.26. The van der Waals surface area contributed by atoms with E-state index in [-0.39, 0.29) is 36.6 Å². The predicted molar refractivity (Wildman–Crippen MR) is 127 cm³/mol. The maximum Gasteiger partial charge on any atom is 0.306 e. The maximum absolute atomic E-state index is 12.7. The molecule has 1 amide bonds. The summed E-state index contributed by atoms with van der Waals surface area (Å²) in [5.41, 5.74) is 0.745. The molecule has 1 N–H and O–H groups in total. The zero-order valence-electron chi connectivity index (χ0n) is 19.4. The lowest BCUT2D eigenvalue weighted by atomic mass is 10.1. The Balaban J connectivity index is 1.21. The van der Waals surface area contributed by atoms with Gasteiger partial charge in [0, 0.05) is 30.8 Å². The maximum atomic E-state index is 12.7. The van der Waals surface area contributed by atoms with Crippen LogP contribution in [0.25, 0.3) is 0 Å². The second-order valence-corrected chi connectivity index (χ2v) is 9.97. The van der Waals surface area contributed by atoms with E-state index in [9.17, 15) is 22.8 Å². The zero-order chi connectivity index (χ0) is 25.5. The Morgan fingerprint density at radius 2 is 1.58 bits per heavy atom. The zero-order valence-corrected chi connectivity index (χ0v) is 20.3. The van der Waals surface area contributed by atoms with Crippen molar-refractivity contribution in [2.24, 2.45) is 0 Å². The van der Waals surface area contributed by atoms with E-state index in [2.05, 4.69) is 5.32 Å². The Kier molecular flexibility index (Phi) is 8.18. The highest BCUT2D eigenvalue weighted by molar-refractivity contribution is 7.89. The lowest BCUT2D eigenvalue weighted by molar-refractivity contribution is -0.147. The monoisotopic (exact) mass is 518 g/mol. The van der Waals surface area contributed by atoms with Gasteiger partial charge in [-0.25, -0.2) is 8.42 Å². The van der Waals surface area contributed by atoms with Gasteiger partial charge in [0.15, 0.2) is 23.9 Å². The van der Waals surface area contributed by atoms with Crippen LogP contribution in [-0.2, 0) is 29.1 Å². The standard InChI is InChI=1S/C24H26N2O9S/c27-20(17-1-7-21-22(15-17)34-14-13-33-21)6-8-24(29)35-16-23(28)25-18-2-4-19(5-3-18)36(30,31)26-9-11-32-12-10-26/h1-5,7,15H,6,8-14,16H2,(H,25,28). The summed E-state index contributed by atoms with van der Waals surface area (Å²) in [6.07, 6.45) is -0.270. The van der Waals surface area contributed by atoms with Crippen LogP contribution in [0.1, 0.15) is 23.2 Å². The van der Waals surface area contributed by atoms with Gasteiger partial charge in [0.1, 0.15) is 13.2 Å². The topological polar surface area (TPSA) is 138 Å². The third-order valence-electron chi connectivity index (χ3n) is 5.53. The fraction of sp³-hybridized carbons (Fsp3) is 0.375. The van der Waals surface area contributed by atoms with E-state index in [1.54, 1.807) is 18.2 Å². The number of rotatable bonds is 9. The van der Waals surface area contributed by atoms with Gasteiger partial charge in [-0.05, 0) is 42.5 Å². The second kappa shape index (κ2) is 11.5. The molecule has 4 rings (SSSR count). The molecule has 2 aliphatic heterocycles. The highest BCUT2D eigenvalue weighted by Crippen LogP contribution is 2.31. The van der Waals surface area contributed by atoms with Crippen molar-refractivity contribution in [3.8, 4) is 11.5 Å². The summed E-state index contributed by atoms with van der Waals surface area (Å²) in [5.74, 6) is -0.497. The number of ether oxygens (including phenoxy) is 4. The Morgan fingerprint density at radius 3 is 2.31 bits per heavy atom. The van der Waals surface area contributed by atoms with E-state index in [1.165, 1.54) is 28.6 Å². The van der Waals surface area contributed by atoms with Gasteiger partial charge in [-0.15, -0.1) is 0 Å². The fourth-order valence-electron chi connectivity index (χ4n) is 3.64. The van der Waals surface area contributed by atoms with Crippen LogP contribution < -0.4 is 14.8 Å². The van der Waals surface area contributed by atoms with Crippen molar-refractivity contribution >= 4 is 33.4 Å².